The van der Waals surface area contributed by atoms with Gasteiger partial charge in [-0.1, -0.05) is 41.4 Å². The van der Waals surface area contributed by atoms with Crippen LogP contribution < -0.4 is 5.32 Å². The first-order chi connectivity index (χ1) is 15.1. The van der Waals surface area contributed by atoms with E-state index in [1.165, 1.54) is 60.4 Å². The van der Waals surface area contributed by atoms with Gasteiger partial charge in [0.05, 0.1) is 17.2 Å². The Morgan fingerprint density at radius 3 is 2.50 bits per heavy atom. The largest absolute Gasteiger partial charge is 0.399 e. The number of allylic oxidation sites excluding steroid dienone is 1. The minimum absolute atomic E-state index is 0.0542. The predicted molar refractivity (Wildman–Crippen MR) is 115 cm³/mol. The van der Waals surface area contributed by atoms with Crippen LogP contribution in [0.15, 0.2) is 48.8 Å². The first-order valence-electron chi connectivity index (χ1n) is 9.01. The van der Waals surface area contributed by atoms with Crippen LogP contribution in [-0.4, -0.2) is 26.8 Å². The van der Waals surface area contributed by atoms with Crippen LogP contribution in [-0.2, 0) is 4.79 Å². The molecule has 0 aliphatic heterocycles. The number of rotatable bonds is 5. The summed E-state index contributed by atoms with van der Waals surface area (Å²) in [5.74, 6) is -2.25. The number of aromatic nitrogens is 3. The summed E-state index contributed by atoms with van der Waals surface area (Å²) in [7, 11) is 0. The Morgan fingerprint density at radius 1 is 1.22 bits per heavy atom. The number of benzene rings is 2. The fraction of sp³-hybridized carbons (Fsp3) is 0.143. The molecule has 164 valence electrons. The molecule has 11 heteroatoms. The molecule has 0 saturated heterocycles. The van der Waals surface area contributed by atoms with E-state index < -0.39 is 12.1 Å². The zero-order valence-corrected chi connectivity index (χ0v) is 17.9. The lowest BCUT2D eigenvalue weighted by Crippen LogP contribution is -2.18. The average Bonchev–Trinajstić information content (AvgIpc) is 3.13. The molecular formula is C21H14Cl2F3N5O. The van der Waals surface area contributed by atoms with Gasteiger partial charge in [0.1, 0.15) is 12.4 Å². The zero-order valence-electron chi connectivity index (χ0n) is 16.4. The smallest absolute Gasteiger partial charge is 0.293 e. The Kier molecular flexibility index (Phi) is 6.87. The maximum absolute atomic E-state index is 13.7. The van der Waals surface area contributed by atoms with E-state index in [1.807, 2.05) is 6.07 Å². The molecule has 6 nitrogen and oxygen atoms in total. The molecule has 32 heavy (non-hydrogen) atoms. The maximum Gasteiger partial charge on any atom is 0.399 e. The van der Waals surface area contributed by atoms with Crippen LogP contribution >= 0.6 is 23.2 Å². The molecule has 1 amide bonds. The van der Waals surface area contributed by atoms with Crippen LogP contribution in [0.25, 0.3) is 11.8 Å². The number of nitrogens with zero attached hydrogens (tertiary/aromatic N) is 4. The molecule has 0 bridgehead atoms. The molecule has 3 aromatic rings. The molecule has 0 aliphatic carbocycles. The van der Waals surface area contributed by atoms with Crippen molar-refractivity contribution in [3.8, 4) is 11.8 Å². The summed E-state index contributed by atoms with van der Waals surface area (Å²) in [6.45, 7) is 1.30. The van der Waals surface area contributed by atoms with Gasteiger partial charge in [0, 0.05) is 17.0 Å². The van der Waals surface area contributed by atoms with E-state index in [1.54, 1.807) is 0 Å². The van der Waals surface area contributed by atoms with Gasteiger partial charge in [0.15, 0.2) is 0 Å². The number of hydrogen-bond acceptors (Lipinski definition) is 4. The molecule has 1 N–H and O–H groups in total. The molecule has 2 aromatic carbocycles. The van der Waals surface area contributed by atoms with E-state index in [2.05, 4.69) is 15.4 Å². The maximum atomic E-state index is 13.7. The van der Waals surface area contributed by atoms with E-state index in [4.69, 9.17) is 23.2 Å². The molecule has 0 fully saturated rings. The van der Waals surface area contributed by atoms with Crippen molar-refractivity contribution in [1.29, 1.82) is 5.26 Å². The van der Waals surface area contributed by atoms with Gasteiger partial charge in [-0.2, -0.15) is 23.4 Å². The molecule has 0 saturated carbocycles. The average molecular weight is 480 g/mol. The molecule has 3 rings (SSSR count). The van der Waals surface area contributed by atoms with Crippen LogP contribution in [0, 0.1) is 11.3 Å². The number of nitriles is 1. The van der Waals surface area contributed by atoms with Gasteiger partial charge >= 0.3 is 6.18 Å². The number of nitrogens with one attached hydrogen (secondary N) is 1. The van der Waals surface area contributed by atoms with E-state index in [-0.39, 0.29) is 33.0 Å². The highest BCUT2D eigenvalue weighted by Gasteiger charge is 2.39. The Bertz CT molecular complexity index is 1210. The monoisotopic (exact) mass is 479 g/mol. The van der Waals surface area contributed by atoms with Gasteiger partial charge in [0.2, 0.25) is 11.9 Å². The van der Waals surface area contributed by atoms with Crippen LogP contribution in [0.2, 0.25) is 10.0 Å². The molecule has 1 heterocycles. The number of carbonyl (C=O) groups is 1. The van der Waals surface area contributed by atoms with Crippen molar-refractivity contribution >= 4 is 41.1 Å². The quantitative estimate of drug-likeness (QED) is 0.503. The van der Waals surface area contributed by atoms with Gasteiger partial charge in [-0.05, 0) is 41.5 Å². The Labute approximate surface area is 190 Å². The highest BCUT2D eigenvalue weighted by atomic mass is 35.5. The summed E-state index contributed by atoms with van der Waals surface area (Å²) in [4.78, 5) is 15.0. The van der Waals surface area contributed by atoms with Gasteiger partial charge in [-0.15, -0.1) is 5.10 Å². The highest BCUT2D eigenvalue weighted by molar-refractivity contribution is 6.34. The lowest BCUT2D eigenvalue weighted by molar-refractivity contribution is -0.139. The molecule has 1 unspecified atom stereocenters. The van der Waals surface area contributed by atoms with Gasteiger partial charge < -0.3 is 0 Å². The van der Waals surface area contributed by atoms with Crippen molar-refractivity contribution in [2.75, 3.05) is 5.32 Å². The lowest BCUT2D eigenvalue weighted by atomic mass is 9.96. The second kappa shape index (κ2) is 9.42. The van der Waals surface area contributed by atoms with Gasteiger partial charge in [-0.25, -0.2) is 4.68 Å². The normalized spacial score (nSPS) is 12.5. The summed E-state index contributed by atoms with van der Waals surface area (Å²) in [6.07, 6.45) is -1.03. The predicted octanol–water partition coefficient (Wildman–Crippen LogP) is 5.76. The van der Waals surface area contributed by atoms with Gasteiger partial charge in [-0.3, -0.25) is 10.1 Å². The van der Waals surface area contributed by atoms with E-state index >= 15 is 0 Å². The fourth-order valence-corrected chi connectivity index (χ4v) is 3.45. The van der Waals surface area contributed by atoms with Crippen molar-refractivity contribution in [3.05, 3.63) is 75.5 Å². The van der Waals surface area contributed by atoms with E-state index in [9.17, 15) is 23.2 Å². The summed E-state index contributed by atoms with van der Waals surface area (Å²) in [6, 6.07) is 10.2. The summed E-state index contributed by atoms with van der Waals surface area (Å²) in [5.41, 5.74) is 0.773. The standard InChI is InChI=1S/C21H14Cl2F3N5O/c1-12(32)29-20-28-11-31(30-20)19-5-3-13(6-15(19)10-27)2-4-18(21(24,25)26)14-7-16(22)9-17(23)8-14/h2-9,11,18H,1H3,(H,29,30,32)/b4-2+. The fourth-order valence-electron chi connectivity index (χ4n) is 2.91. The number of alkyl halides is 3. The van der Waals surface area contributed by atoms with Crippen LogP contribution in [0.5, 0.6) is 0 Å². The number of hydrogen-bond donors (Lipinski definition) is 1. The minimum Gasteiger partial charge on any atom is -0.293 e. The number of anilines is 1. The Morgan fingerprint density at radius 2 is 1.91 bits per heavy atom. The second-order valence-electron chi connectivity index (χ2n) is 6.66. The topological polar surface area (TPSA) is 83.6 Å². The van der Waals surface area contributed by atoms with E-state index in [0.717, 1.165) is 6.08 Å². The van der Waals surface area contributed by atoms with Crippen molar-refractivity contribution in [2.45, 2.75) is 19.0 Å². The summed E-state index contributed by atoms with van der Waals surface area (Å²) in [5, 5.41) is 16.1. The third kappa shape index (κ3) is 5.66. The number of halogens is 5. The third-order valence-corrected chi connectivity index (χ3v) is 4.68. The molecule has 0 aliphatic rings. The highest BCUT2D eigenvalue weighted by Crippen LogP contribution is 2.38. The van der Waals surface area contributed by atoms with Crippen molar-refractivity contribution in [3.63, 3.8) is 0 Å². The third-order valence-electron chi connectivity index (χ3n) is 4.25. The van der Waals surface area contributed by atoms with E-state index in [0.29, 0.717) is 11.3 Å². The molecule has 0 radical (unpaired) electrons. The van der Waals surface area contributed by atoms with Crippen LogP contribution in [0.3, 0.4) is 0 Å². The first kappa shape index (κ1) is 23.3. The Hall–Kier alpha value is -3.35. The van der Waals surface area contributed by atoms with Gasteiger partial charge in [0.25, 0.3) is 0 Å². The Balaban J connectivity index is 1.93. The number of amides is 1. The minimum atomic E-state index is -4.58. The lowest BCUT2D eigenvalue weighted by Gasteiger charge is -2.18. The molecule has 1 atom stereocenters. The summed E-state index contributed by atoms with van der Waals surface area (Å²) >= 11 is 11.7. The SMILES string of the molecule is CC(=O)Nc1ncn(-c2ccc(/C=C/C(c3cc(Cl)cc(Cl)c3)C(F)(F)F)cc2C#N)n1. The van der Waals surface area contributed by atoms with Crippen molar-refractivity contribution in [1.82, 2.24) is 14.8 Å². The molecular weight excluding hydrogens is 466 g/mol. The van der Waals surface area contributed by atoms with Crippen LogP contribution in [0.4, 0.5) is 19.1 Å². The van der Waals surface area contributed by atoms with Crippen molar-refractivity contribution < 1.29 is 18.0 Å². The second-order valence-corrected chi connectivity index (χ2v) is 7.54. The molecule has 1 aromatic heterocycles. The van der Waals surface area contributed by atoms with Crippen LogP contribution in [0.1, 0.15) is 29.5 Å². The zero-order chi connectivity index (χ0) is 23.5. The number of carbonyl (C=O) groups excluding carboxylic acids is 1. The first-order valence-corrected chi connectivity index (χ1v) is 9.77. The summed E-state index contributed by atoms with van der Waals surface area (Å²) < 4.78 is 42.3. The van der Waals surface area contributed by atoms with Crippen molar-refractivity contribution in [2.24, 2.45) is 0 Å². The molecule has 0 spiro atoms.